The third-order valence-corrected chi connectivity index (χ3v) is 2.02. The number of rotatable bonds is 0. The zero-order valence-electron chi connectivity index (χ0n) is 6.46. The summed E-state index contributed by atoms with van der Waals surface area (Å²) in [7, 11) is 2.00. The highest BCUT2D eigenvalue weighted by Gasteiger charge is 2.17. The highest BCUT2D eigenvalue weighted by Crippen LogP contribution is 2.22. The molecule has 0 bridgehead atoms. The zero-order valence-corrected chi connectivity index (χ0v) is 6.46. The molecule has 0 amide bonds. The van der Waals surface area contributed by atoms with Crippen molar-refractivity contribution in [3.05, 3.63) is 17.8 Å². The van der Waals surface area contributed by atoms with Gasteiger partial charge in [-0.05, 0) is 6.07 Å². The molecule has 0 spiro atoms. The predicted molar refractivity (Wildman–Crippen MR) is 44.0 cm³/mol. The van der Waals surface area contributed by atoms with Gasteiger partial charge in [0.1, 0.15) is 5.82 Å². The smallest absolute Gasteiger partial charge is 0.112 e. The standard InChI is InChI=1S/C7H12N4/c1-11-3-2-5-6(8)9-4-10-7(5)11/h2-3,6,9-10H,4,8H2,1H3. The molecule has 1 aromatic heterocycles. The molecule has 0 radical (unpaired) electrons. The minimum Gasteiger partial charge on any atom is -0.359 e. The molecule has 4 nitrogen and oxygen atoms in total. The molecule has 0 fully saturated rings. The van der Waals surface area contributed by atoms with Gasteiger partial charge in [0.2, 0.25) is 0 Å². The van der Waals surface area contributed by atoms with Gasteiger partial charge in [-0.2, -0.15) is 0 Å². The molecule has 1 unspecified atom stereocenters. The Morgan fingerprint density at radius 1 is 1.73 bits per heavy atom. The first-order valence-electron chi connectivity index (χ1n) is 3.67. The van der Waals surface area contributed by atoms with Gasteiger partial charge in [0.15, 0.2) is 0 Å². The maximum Gasteiger partial charge on any atom is 0.112 e. The first-order chi connectivity index (χ1) is 5.29. The molecular formula is C7H12N4. The van der Waals surface area contributed by atoms with Gasteiger partial charge < -0.3 is 15.6 Å². The van der Waals surface area contributed by atoms with Crippen LogP contribution in [0.3, 0.4) is 0 Å². The molecule has 1 aliphatic rings. The maximum atomic E-state index is 5.80. The molecule has 0 aromatic carbocycles. The number of fused-ring (bicyclic) bond motifs is 1. The Kier molecular flexibility index (Phi) is 1.37. The van der Waals surface area contributed by atoms with Crippen LogP contribution in [0.25, 0.3) is 0 Å². The zero-order chi connectivity index (χ0) is 7.84. The largest absolute Gasteiger partial charge is 0.359 e. The normalized spacial score (nSPS) is 22.5. The summed E-state index contributed by atoms with van der Waals surface area (Å²) in [6.45, 7) is 0.742. The summed E-state index contributed by atoms with van der Waals surface area (Å²) in [5.74, 6) is 1.12. The average Bonchev–Trinajstić information content (AvgIpc) is 2.35. The van der Waals surface area contributed by atoms with Crippen LogP contribution in [0.1, 0.15) is 11.7 Å². The lowest BCUT2D eigenvalue weighted by Crippen LogP contribution is -2.37. The van der Waals surface area contributed by atoms with E-state index >= 15 is 0 Å². The summed E-state index contributed by atoms with van der Waals surface area (Å²) in [6.07, 6.45) is 1.98. The first-order valence-corrected chi connectivity index (χ1v) is 3.67. The molecular weight excluding hydrogens is 140 g/mol. The van der Waals surface area contributed by atoms with E-state index in [-0.39, 0.29) is 6.17 Å². The number of nitrogens with two attached hydrogens (primary N) is 1. The molecule has 1 aliphatic heterocycles. The fourth-order valence-electron chi connectivity index (χ4n) is 1.38. The summed E-state index contributed by atoms with van der Waals surface area (Å²) in [5.41, 5.74) is 6.93. The Morgan fingerprint density at radius 2 is 2.55 bits per heavy atom. The Hall–Kier alpha value is -1.00. The Labute approximate surface area is 65.4 Å². The molecule has 2 heterocycles. The molecule has 0 aliphatic carbocycles. The number of anilines is 1. The van der Waals surface area contributed by atoms with Gasteiger partial charge in [-0.15, -0.1) is 0 Å². The lowest BCUT2D eigenvalue weighted by molar-refractivity contribution is 0.557. The van der Waals surface area contributed by atoms with E-state index in [0.29, 0.717) is 0 Å². The van der Waals surface area contributed by atoms with Crippen LogP contribution in [0, 0.1) is 0 Å². The van der Waals surface area contributed by atoms with Crippen LogP contribution in [0.5, 0.6) is 0 Å². The highest BCUT2D eigenvalue weighted by molar-refractivity contribution is 5.49. The van der Waals surface area contributed by atoms with E-state index in [4.69, 9.17) is 5.73 Å². The van der Waals surface area contributed by atoms with E-state index in [2.05, 4.69) is 10.6 Å². The van der Waals surface area contributed by atoms with Crippen LogP contribution in [-0.2, 0) is 7.05 Å². The molecule has 11 heavy (non-hydrogen) atoms. The van der Waals surface area contributed by atoms with Gasteiger partial charge in [-0.25, -0.2) is 0 Å². The summed E-state index contributed by atoms with van der Waals surface area (Å²) < 4.78 is 2.04. The van der Waals surface area contributed by atoms with Crippen LogP contribution in [0.15, 0.2) is 12.3 Å². The molecule has 0 saturated carbocycles. The molecule has 4 heteroatoms. The fraction of sp³-hybridized carbons (Fsp3) is 0.429. The van der Waals surface area contributed by atoms with Gasteiger partial charge in [0, 0.05) is 18.8 Å². The third-order valence-electron chi connectivity index (χ3n) is 2.02. The second kappa shape index (κ2) is 2.25. The van der Waals surface area contributed by atoms with Gasteiger partial charge >= 0.3 is 0 Å². The number of nitrogens with one attached hydrogen (secondary N) is 2. The fourth-order valence-corrected chi connectivity index (χ4v) is 1.38. The number of hydrogen-bond acceptors (Lipinski definition) is 3. The summed E-state index contributed by atoms with van der Waals surface area (Å²) in [6, 6.07) is 2.03. The number of aromatic nitrogens is 1. The first kappa shape index (κ1) is 6.69. The Morgan fingerprint density at radius 3 is 3.27 bits per heavy atom. The van der Waals surface area contributed by atoms with E-state index in [1.165, 1.54) is 0 Å². The number of nitrogens with zero attached hydrogens (tertiary/aromatic N) is 1. The van der Waals surface area contributed by atoms with Crippen LogP contribution in [0.2, 0.25) is 0 Å². The quantitative estimate of drug-likeness (QED) is 0.488. The molecule has 1 atom stereocenters. The lowest BCUT2D eigenvalue weighted by atomic mass is 10.2. The molecule has 60 valence electrons. The molecule has 1 aromatic rings. The summed E-state index contributed by atoms with van der Waals surface area (Å²) >= 11 is 0. The Bertz CT molecular complexity index is 265. The van der Waals surface area contributed by atoms with Crippen molar-refractivity contribution in [2.24, 2.45) is 12.8 Å². The van der Waals surface area contributed by atoms with E-state index in [0.717, 1.165) is 18.1 Å². The van der Waals surface area contributed by atoms with E-state index in [1.807, 2.05) is 23.9 Å². The molecule has 0 saturated heterocycles. The van der Waals surface area contributed by atoms with E-state index < -0.39 is 0 Å². The van der Waals surface area contributed by atoms with E-state index in [9.17, 15) is 0 Å². The van der Waals surface area contributed by atoms with Crippen molar-refractivity contribution in [2.45, 2.75) is 6.17 Å². The SMILES string of the molecule is Cn1ccc2c1NCNC2N. The number of hydrogen-bond donors (Lipinski definition) is 3. The molecule has 4 N–H and O–H groups in total. The third kappa shape index (κ3) is 0.911. The van der Waals surface area contributed by atoms with Gasteiger partial charge in [-0.3, -0.25) is 5.32 Å². The minimum absolute atomic E-state index is 0.0209. The van der Waals surface area contributed by atoms with Crippen LogP contribution in [0.4, 0.5) is 5.82 Å². The van der Waals surface area contributed by atoms with Gasteiger partial charge in [0.25, 0.3) is 0 Å². The lowest BCUT2D eigenvalue weighted by Gasteiger charge is -2.22. The second-order valence-corrected chi connectivity index (χ2v) is 2.77. The minimum atomic E-state index is -0.0209. The van der Waals surface area contributed by atoms with Crippen LogP contribution in [-0.4, -0.2) is 11.2 Å². The maximum absolute atomic E-state index is 5.80. The van der Waals surface area contributed by atoms with E-state index in [1.54, 1.807) is 0 Å². The Balaban J connectivity index is 2.46. The molecule has 2 rings (SSSR count). The van der Waals surface area contributed by atoms with Crippen molar-refractivity contribution in [1.29, 1.82) is 0 Å². The van der Waals surface area contributed by atoms with Crippen molar-refractivity contribution >= 4 is 5.82 Å². The summed E-state index contributed by atoms with van der Waals surface area (Å²) in [4.78, 5) is 0. The number of aryl methyl sites for hydroxylation is 1. The van der Waals surface area contributed by atoms with Crippen molar-refractivity contribution in [1.82, 2.24) is 9.88 Å². The van der Waals surface area contributed by atoms with Crippen molar-refractivity contribution in [3.8, 4) is 0 Å². The van der Waals surface area contributed by atoms with Crippen LogP contribution >= 0.6 is 0 Å². The summed E-state index contributed by atoms with van der Waals surface area (Å²) in [5, 5.41) is 6.32. The van der Waals surface area contributed by atoms with Crippen molar-refractivity contribution < 1.29 is 0 Å². The predicted octanol–water partition coefficient (Wildman–Crippen LogP) is -0.0450. The average molecular weight is 152 g/mol. The highest BCUT2D eigenvalue weighted by atomic mass is 15.2. The second-order valence-electron chi connectivity index (χ2n) is 2.77. The topological polar surface area (TPSA) is 55.0 Å². The van der Waals surface area contributed by atoms with Gasteiger partial charge in [0.05, 0.1) is 12.8 Å². The van der Waals surface area contributed by atoms with Crippen molar-refractivity contribution in [3.63, 3.8) is 0 Å². The monoisotopic (exact) mass is 152 g/mol. The van der Waals surface area contributed by atoms with Gasteiger partial charge in [-0.1, -0.05) is 0 Å². The van der Waals surface area contributed by atoms with Crippen LogP contribution < -0.4 is 16.4 Å². The van der Waals surface area contributed by atoms with Crippen molar-refractivity contribution in [2.75, 3.05) is 12.0 Å².